The Morgan fingerprint density at radius 1 is 1.00 bits per heavy atom. The van der Waals surface area contributed by atoms with Crippen LogP contribution in [-0.4, -0.2) is 66.1 Å². The van der Waals surface area contributed by atoms with E-state index in [9.17, 15) is 14.0 Å². The number of nitrogens with zero attached hydrogens (tertiary/aromatic N) is 4. The maximum atomic E-state index is 13.4. The molecule has 0 atom stereocenters. The van der Waals surface area contributed by atoms with Crippen LogP contribution in [0.15, 0.2) is 42.7 Å². The molecule has 27 heavy (non-hydrogen) atoms. The highest BCUT2D eigenvalue weighted by Crippen LogP contribution is 2.15. The third-order valence-electron chi connectivity index (χ3n) is 4.01. The third-order valence-corrected chi connectivity index (χ3v) is 4.01. The van der Waals surface area contributed by atoms with Gasteiger partial charge in [-0.05, 0) is 18.2 Å². The second-order valence-corrected chi connectivity index (χ2v) is 5.80. The third kappa shape index (κ3) is 5.13. The molecular formula is C18H19FN4O4. The fourth-order valence-corrected chi connectivity index (χ4v) is 2.58. The number of anilines is 1. The van der Waals surface area contributed by atoms with E-state index < -0.39 is 18.4 Å². The summed E-state index contributed by atoms with van der Waals surface area (Å²) in [6.45, 7) is 1.33. The van der Waals surface area contributed by atoms with E-state index in [1.54, 1.807) is 29.4 Å². The quantitative estimate of drug-likeness (QED) is 0.694. The van der Waals surface area contributed by atoms with Gasteiger partial charge in [0.25, 0.3) is 5.91 Å². The highest BCUT2D eigenvalue weighted by atomic mass is 19.1. The van der Waals surface area contributed by atoms with Crippen molar-refractivity contribution in [3.8, 4) is 5.75 Å². The van der Waals surface area contributed by atoms with Crippen molar-refractivity contribution in [1.82, 2.24) is 14.9 Å². The predicted molar refractivity (Wildman–Crippen MR) is 93.7 cm³/mol. The number of hydrogen-bond acceptors (Lipinski definition) is 7. The Hall–Kier alpha value is -3.23. The van der Waals surface area contributed by atoms with Gasteiger partial charge >= 0.3 is 5.97 Å². The topological polar surface area (TPSA) is 84.9 Å². The highest BCUT2D eigenvalue weighted by Gasteiger charge is 2.23. The zero-order valence-corrected chi connectivity index (χ0v) is 14.6. The summed E-state index contributed by atoms with van der Waals surface area (Å²) in [7, 11) is 0. The Morgan fingerprint density at radius 3 is 2.41 bits per heavy atom. The van der Waals surface area contributed by atoms with Crippen LogP contribution in [0.4, 0.5) is 10.3 Å². The maximum Gasteiger partial charge on any atom is 0.344 e. The number of carbonyl (C=O) groups excluding carboxylic acids is 2. The van der Waals surface area contributed by atoms with Crippen LogP contribution in [0.5, 0.6) is 5.75 Å². The van der Waals surface area contributed by atoms with Crippen LogP contribution < -0.4 is 9.64 Å². The average molecular weight is 374 g/mol. The molecule has 1 aliphatic heterocycles. The number of rotatable bonds is 6. The smallest absolute Gasteiger partial charge is 0.344 e. The van der Waals surface area contributed by atoms with Gasteiger partial charge in [0, 0.05) is 38.6 Å². The molecule has 0 radical (unpaired) electrons. The largest absolute Gasteiger partial charge is 0.479 e. The van der Waals surface area contributed by atoms with Crippen molar-refractivity contribution in [2.24, 2.45) is 0 Å². The highest BCUT2D eigenvalue weighted by molar-refractivity contribution is 5.81. The Balaban J connectivity index is 1.38. The summed E-state index contributed by atoms with van der Waals surface area (Å²) < 4.78 is 23.4. The van der Waals surface area contributed by atoms with Crippen molar-refractivity contribution in [3.63, 3.8) is 0 Å². The Bertz CT molecular complexity index is 782. The zero-order valence-electron chi connectivity index (χ0n) is 14.6. The van der Waals surface area contributed by atoms with Gasteiger partial charge in [-0.3, -0.25) is 4.79 Å². The maximum absolute atomic E-state index is 13.4. The van der Waals surface area contributed by atoms with Gasteiger partial charge in [0.2, 0.25) is 5.95 Å². The number of benzene rings is 1. The van der Waals surface area contributed by atoms with Crippen molar-refractivity contribution >= 4 is 17.8 Å². The number of hydrogen-bond donors (Lipinski definition) is 0. The summed E-state index contributed by atoms with van der Waals surface area (Å²) >= 11 is 0. The molecule has 1 saturated heterocycles. The number of ether oxygens (including phenoxy) is 2. The lowest BCUT2D eigenvalue weighted by Gasteiger charge is -2.34. The van der Waals surface area contributed by atoms with Crippen LogP contribution >= 0.6 is 0 Å². The van der Waals surface area contributed by atoms with Gasteiger partial charge in [-0.2, -0.15) is 0 Å². The molecule has 9 heteroatoms. The van der Waals surface area contributed by atoms with Gasteiger partial charge in [-0.1, -0.05) is 12.1 Å². The van der Waals surface area contributed by atoms with Gasteiger partial charge in [-0.25, -0.2) is 19.2 Å². The lowest BCUT2D eigenvalue weighted by Crippen LogP contribution is -2.50. The fraction of sp³-hybridized carbons (Fsp3) is 0.333. The normalized spacial score (nSPS) is 14.0. The van der Waals surface area contributed by atoms with Crippen molar-refractivity contribution in [2.75, 3.05) is 44.3 Å². The van der Waals surface area contributed by atoms with Crippen molar-refractivity contribution in [3.05, 3.63) is 48.5 Å². The second kappa shape index (κ2) is 8.93. The average Bonchev–Trinajstić information content (AvgIpc) is 2.72. The summed E-state index contributed by atoms with van der Waals surface area (Å²) in [5.41, 5.74) is 0. The minimum atomic E-state index is -0.733. The molecule has 8 nitrogen and oxygen atoms in total. The number of esters is 1. The molecule has 0 aliphatic carbocycles. The van der Waals surface area contributed by atoms with Crippen LogP contribution in [0.25, 0.3) is 0 Å². The van der Waals surface area contributed by atoms with Crippen molar-refractivity contribution in [2.45, 2.75) is 0 Å². The van der Waals surface area contributed by atoms with Crippen LogP contribution in [0.3, 0.4) is 0 Å². The molecule has 1 aromatic heterocycles. The molecule has 0 spiro atoms. The zero-order chi connectivity index (χ0) is 19.1. The molecule has 0 unspecified atom stereocenters. The first kappa shape index (κ1) is 18.6. The molecule has 1 aliphatic rings. The van der Waals surface area contributed by atoms with E-state index >= 15 is 0 Å². The SMILES string of the molecule is O=C(COc1ccccc1F)OCC(=O)N1CCN(c2ncccn2)CC1. The first-order valence-corrected chi connectivity index (χ1v) is 8.46. The van der Waals surface area contributed by atoms with Crippen molar-refractivity contribution < 1.29 is 23.5 Å². The van der Waals surface area contributed by atoms with Gasteiger partial charge < -0.3 is 19.3 Å². The number of piperazine rings is 1. The monoisotopic (exact) mass is 374 g/mol. The molecule has 0 saturated carbocycles. The first-order chi connectivity index (χ1) is 13.1. The molecule has 1 fully saturated rings. The lowest BCUT2D eigenvalue weighted by molar-refractivity contribution is -0.153. The van der Waals surface area contributed by atoms with E-state index in [0.29, 0.717) is 32.1 Å². The molecule has 0 N–H and O–H groups in total. The number of amides is 1. The van der Waals surface area contributed by atoms with Gasteiger partial charge in [0.05, 0.1) is 0 Å². The summed E-state index contributed by atoms with van der Waals surface area (Å²) in [6.07, 6.45) is 3.34. The number of carbonyl (C=O) groups is 2. The van der Waals surface area contributed by atoms with Crippen molar-refractivity contribution in [1.29, 1.82) is 0 Å². The minimum absolute atomic E-state index is 0.0416. The van der Waals surface area contributed by atoms with Gasteiger partial charge in [0.15, 0.2) is 24.8 Å². The van der Waals surface area contributed by atoms with E-state index in [0.717, 1.165) is 0 Å². The molecule has 3 rings (SSSR count). The minimum Gasteiger partial charge on any atom is -0.479 e. The van der Waals surface area contributed by atoms with Gasteiger partial charge in [0.1, 0.15) is 0 Å². The van der Waals surface area contributed by atoms with Crippen LogP contribution in [-0.2, 0) is 14.3 Å². The summed E-state index contributed by atoms with van der Waals surface area (Å²) in [5, 5.41) is 0. The fourth-order valence-electron chi connectivity index (χ4n) is 2.58. The summed E-state index contributed by atoms with van der Waals surface area (Å²) in [5.74, 6) is -1.01. The molecule has 1 aromatic carbocycles. The Kier molecular flexibility index (Phi) is 6.14. The second-order valence-electron chi connectivity index (χ2n) is 5.80. The van der Waals surface area contributed by atoms with E-state index in [1.165, 1.54) is 18.2 Å². The molecular weight excluding hydrogens is 355 g/mol. The molecule has 2 heterocycles. The van der Waals surface area contributed by atoms with E-state index in [-0.39, 0.29) is 18.3 Å². The molecule has 0 bridgehead atoms. The Morgan fingerprint density at radius 2 is 1.70 bits per heavy atom. The molecule has 2 aromatic rings. The first-order valence-electron chi connectivity index (χ1n) is 8.46. The van der Waals surface area contributed by atoms with Crippen LogP contribution in [0, 0.1) is 5.82 Å². The van der Waals surface area contributed by atoms with E-state index in [4.69, 9.17) is 9.47 Å². The number of halogens is 1. The van der Waals surface area contributed by atoms with Crippen LogP contribution in [0.1, 0.15) is 0 Å². The number of para-hydroxylation sites is 1. The van der Waals surface area contributed by atoms with Crippen LogP contribution in [0.2, 0.25) is 0 Å². The standard InChI is InChI=1S/C18H19FN4O4/c19-14-4-1-2-5-15(14)26-13-17(25)27-12-16(24)22-8-10-23(11-9-22)18-20-6-3-7-21-18/h1-7H,8-13H2. The number of aromatic nitrogens is 2. The summed E-state index contributed by atoms with van der Waals surface area (Å²) in [6, 6.07) is 7.48. The molecule has 1 amide bonds. The predicted octanol–water partition coefficient (Wildman–Crippen LogP) is 0.886. The summed E-state index contributed by atoms with van der Waals surface area (Å²) in [4.78, 5) is 35.8. The lowest BCUT2D eigenvalue weighted by atomic mass is 10.3. The van der Waals surface area contributed by atoms with E-state index in [2.05, 4.69) is 9.97 Å². The Labute approximate surface area is 155 Å². The molecule has 142 valence electrons. The van der Waals surface area contributed by atoms with Gasteiger partial charge in [-0.15, -0.1) is 0 Å². The van der Waals surface area contributed by atoms with E-state index in [1.807, 2.05) is 4.90 Å².